The predicted molar refractivity (Wildman–Crippen MR) is 50.7 cm³/mol. The SMILES string of the molecule is CC(=O)SC1CC(C(=O)O)N(C)C1. The van der Waals surface area contributed by atoms with Gasteiger partial charge in [0.05, 0.1) is 0 Å². The number of nitrogens with zero attached hydrogens (tertiary/aromatic N) is 1. The van der Waals surface area contributed by atoms with E-state index in [4.69, 9.17) is 5.11 Å². The molecule has 2 atom stereocenters. The first-order valence-corrected chi connectivity index (χ1v) is 4.99. The van der Waals surface area contributed by atoms with Crippen LogP contribution in [-0.4, -0.2) is 46.0 Å². The minimum atomic E-state index is -0.797. The lowest BCUT2D eigenvalue weighted by atomic mass is 10.2. The molecule has 74 valence electrons. The van der Waals surface area contributed by atoms with E-state index in [1.54, 1.807) is 11.9 Å². The zero-order valence-electron chi connectivity index (χ0n) is 7.69. The van der Waals surface area contributed by atoms with E-state index in [-0.39, 0.29) is 10.4 Å². The molecule has 1 fully saturated rings. The molecule has 4 nitrogen and oxygen atoms in total. The van der Waals surface area contributed by atoms with Crippen LogP contribution in [0.4, 0.5) is 0 Å². The lowest BCUT2D eigenvalue weighted by Crippen LogP contribution is -2.32. The van der Waals surface area contributed by atoms with Gasteiger partial charge in [0.2, 0.25) is 0 Å². The van der Waals surface area contributed by atoms with Gasteiger partial charge >= 0.3 is 5.97 Å². The van der Waals surface area contributed by atoms with Crippen LogP contribution in [0.1, 0.15) is 13.3 Å². The largest absolute Gasteiger partial charge is 0.480 e. The highest BCUT2D eigenvalue weighted by molar-refractivity contribution is 8.14. The third kappa shape index (κ3) is 2.70. The second-order valence-electron chi connectivity index (χ2n) is 3.26. The Morgan fingerprint density at radius 3 is 2.54 bits per heavy atom. The molecule has 0 amide bonds. The van der Waals surface area contributed by atoms with E-state index in [2.05, 4.69) is 0 Å². The van der Waals surface area contributed by atoms with E-state index in [9.17, 15) is 9.59 Å². The number of thioether (sulfide) groups is 1. The quantitative estimate of drug-likeness (QED) is 0.705. The Morgan fingerprint density at radius 1 is 1.54 bits per heavy atom. The molecule has 1 heterocycles. The molecule has 1 N–H and O–H groups in total. The molecule has 0 aliphatic carbocycles. The lowest BCUT2D eigenvalue weighted by molar-refractivity contribution is -0.141. The van der Waals surface area contributed by atoms with Gasteiger partial charge in [-0.25, -0.2) is 0 Å². The second kappa shape index (κ2) is 4.11. The Balaban J connectivity index is 2.50. The Labute approximate surface area is 81.3 Å². The van der Waals surface area contributed by atoms with Gasteiger partial charge in [-0.05, 0) is 13.5 Å². The predicted octanol–water partition coefficient (Wildman–Crippen LogP) is 0.423. The fraction of sp³-hybridized carbons (Fsp3) is 0.750. The third-order valence-corrected chi connectivity index (χ3v) is 3.13. The maximum atomic E-state index is 10.8. The maximum Gasteiger partial charge on any atom is 0.320 e. The van der Waals surface area contributed by atoms with Crippen LogP contribution in [0.15, 0.2) is 0 Å². The Bertz CT molecular complexity index is 231. The van der Waals surface area contributed by atoms with Gasteiger partial charge in [-0.1, -0.05) is 11.8 Å². The molecule has 0 saturated carbocycles. The van der Waals surface area contributed by atoms with Gasteiger partial charge in [-0.15, -0.1) is 0 Å². The van der Waals surface area contributed by atoms with Crippen LogP contribution in [0.3, 0.4) is 0 Å². The van der Waals surface area contributed by atoms with Crippen molar-refractivity contribution in [1.29, 1.82) is 0 Å². The van der Waals surface area contributed by atoms with E-state index in [0.29, 0.717) is 13.0 Å². The van der Waals surface area contributed by atoms with Gasteiger partial charge in [0.25, 0.3) is 0 Å². The number of carboxylic acids is 1. The molecule has 0 aromatic heterocycles. The summed E-state index contributed by atoms with van der Waals surface area (Å²) in [5.41, 5.74) is 0. The molecular weight excluding hydrogens is 190 g/mol. The summed E-state index contributed by atoms with van der Waals surface area (Å²) in [6, 6.07) is -0.420. The third-order valence-electron chi connectivity index (χ3n) is 2.13. The number of aliphatic carboxylic acids is 1. The normalized spacial score (nSPS) is 29.1. The zero-order valence-corrected chi connectivity index (χ0v) is 8.50. The second-order valence-corrected chi connectivity index (χ2v) is 4.74. The van der Waals surface area contributed by atoms with Crippen LogP contribution in [0.2, 0.25) is 0 Å². The molecule has 5 heteroatoms. The Kier molecular flexibility index (Phi) is 3.33. The van der Waals surface area contributed by atoms with E-state index in [1.165, 1.54) is 18.7 Å². The van der Waals surface area contributed by atoms with E-state index in [0.717, 1.165) is 0 Å². The van der Waals surface area contributed by atoms with Gasteiger partial charge in [-0.3, -0.25) is 14.5 Å². The molecule has 2 unspecified atom stereocenters. The standard InChI is InChI=1S/C8H13NO3S/c1-5(10)13-6-3-7(8(11)12)9(2)4-6/h6-7H,3-4H2,1-2H3,(H,11,12). The summed E-state index contributed by atoms with van der Waals surface area (Å²) >= 11 is 1.24. The molecule has 1 aliphatic heterocycles. The number of hydrogen-bond acceptors (Lipinski definition) is 4. The molecular formula is C8H13NO3S. The highest BCUT2D eigenvalue weighted by Crippen LogP contribution is 2.26. The number of carbonyl (C=O) groups excluding carboxylic acids is 1. The number of carboxylic acid groups (broad SMARTS) is 1. The van der Waals surface area contributed by atoms with Crippen molar-refractivity contribution in [3.8, 4) is 0 Å². The Morgan fingerprint density at radius 2 is 2.15 bits per heavy atom. The molecule has 0 bridgehead atoms. The average molecular weight is 203 g/mol. The number of rotatable bonds is 2. The minimum absolute atomic E-state index is 0.0597. The molecule has 0 radical (unpaired) electrons. The summed E-state index contributed by atoms with van der Waals surface area (Å²) in [6.07, 6.45) is 0.566. The number of likely N-dealkylation sites (tertiary alicyclic amines) is 1. The van der Waals surface area contributed by atoms with Crippen molar-refractivity contribution in [2.45, 2.75) is 24.6 Å². The first kappa shape index (κ1) is 10.5. The molecule has 0 aromatic rings. The van der Waals surface area contributed by atoms with Crippen molar-refractivity contribution in [2.75, 3.05) is 13.6 Å². The summed E-state index contributed by atoms with van der Waals surface area (Å²) in [5.74, 6) is -0.797. The van der Waals surface area contributed by atoms with Crippen LogP contribution < -0.4 is 0 Å². The summed E-state index contributed by atoms with van der Waals surface area (Å²) in [4.78, 5) is 23.3. The molecule has 1 aliphatic rings. The fourth-order valence-electron chi connectivity index (χ4n) is 1.56. The first-order valence-electron chi connectivity index (χ1n) is 4.11. The minimum Gasteiger partial charge on any atom is -0.480 e. The summed E-state index contributed by atoms with van der Waals surface area (Å²) in [6.45, 7) is 2.19. The zero-order chi connectivity index (χ0) is 10.0. The van der Waals surface area contributed by atoms with Gasteiger partial charge < -0.3 is 5.11 Å². The summed E-state index contributed by atoms with van der Waals surface area (Å²) in [5, 5.41) is 9.00. The molecule has 13 heavy (non-hydrogen) atoms. The fourth-order valence-corrected chi connectivity index (χ4v) is 2.62. The molecule has 0 aromatic carbocycles. The maximum absolute atomic E-state index is 10.8. The van der Waals surface area contributed by atoms with Crippen molar-refractivity contribution in [1.82, 2.24) is 4.90 Å². The van der Waals surface area contributed by atoms with Crippen LogP contribution in [-0.2, 0) is 9.59 Å². The first-order chi connectivity index (χ1) is 6.00. The lowest BCUT2D eigenvalue weighted by Gasteiger charge is -2.13. The summed E-state index contributed by atoms with van der Waals surface area (Å²) in [7, 11) is 1.78. The van der Waals surface area contributed by atoms with Crippen molar-refractivity contribution >= 4 is 22.8 Å². The molecule has 1 saturated heterocycles. The van der Waals surface area contributed by atoms with Gasteiger partial charge in [0.15, 0.2) is 5.12 Å². The van der Waals surface area contributed by atoms with Crippen LogP contribution >= 0.6 is 11.8 Å². The Hall–Kier alpha value is -0.550. The van der Waals surface area contributed by atoms with Crippen molar-refractivity contribution in [3.05, 3.63) is 0 Å². The van der Waals surface area contributed by atoms with E-state index in [1.807, 2.05) is 0 Å². The molecule has 1 rings (SSSR count). The van der Waals surface area contributed by atoms with Gasteiger partial charge in [0, 0.05) is 18.7 Å². The monoisotopic (exact) mass is 203 g/mol. The van der Waals surface area contributed by atoms with E-state index >= 15 is 0 Å². The van der Waals surface area contributed by atoms with Gasteiger partial charge in [-0.2, -0.15) is 0 Å². The van der Waals surface area contributed by atoms with Crippen molar-refractivity contribution < 1.29 is 14.7 Å². The van der Waals surface area contributed by atoms with Crippen LogP contribution in [0, 0.1) is 0 Å². The number of hydrogen-bond donors (Lipinski definition) is 1. The smallest absolute Gasteiger partial charge is 0.320 e. The van der Waals surface area contributed by atoms with Gasteiger partial charge in [0.1, 0.15) is 6.04 Å². The highest BCUT2D eigenvalue weighted by Gasteiger charge is 2.35. The van der Waals surface area contributed by atoms with Crippen LogP contribution in [0.25, 0.3) is 0 Å². The highest BCUT2D eigenvalue weighted by atomic mass is 32.2. The number of likely N-dealkylation sites (N-methyl/N-ethyl adjacent to an activating group) is 1. The summed E-state index contributed by atoms with van der Waals surface area (Å²) < 4.78 is 0. The van der Waals surface area contributed by atoms with Crippen LogP contribution in [0.5, 0.6) is 0 Å². The average Bonchev–Trinajstić information content (AvgIpc) is 2.29. The number of carbonyl (C=O) groups is 2. The topological polar surface area (TPSA) is 57.6 Å². The molecule has 0 spiro atoms. The van der Waals surface area contributed by atoms with E-state index < -0.39 is 12.0 Å². The van der Waals surface area contributed by atoms with Crippen molar-refractivity contribution in [2.24, 2.45) is 0 Å². The van der Waals surface area contributed by atoms with Crippen molar-refractivity contribution in [3.63, 3.8) is 0 Å².